The molecule has 8 nitrogen and oxygen atoms in total. The number of H-pyrrole nitrogens is 1. The number of aromatic nitrogens is 6. The minimum atomic E-state index is -4.60. The third kappa shape index (κ3) is 3.62. The van der Waals surface area contributed by atoms with Crippen LogP contribution in [0.4, 0.5) is 18.3 Å². The minimum Gasteiger partial charge on any atom is -0.338 e. The number of carbonyl (C=O) groups excluding carboxylic acids is 1. The molecule has 2 N–H and O–H groups in total. The molecule has 13 heteroatoms. The second-order valence-corrected chi connectivity index (χ2v) is 7.91. The van der Waals surface area contributed by atoms with E-state index in [2.05, 4.69) is 35.7 Å². The third-order valence-corrected chi connectivity index (χ3v) is 5.49. The van der Waals surface area contributed by atoms with E-state index in [0.717, 1.165) is 22.7 Å². The Labute approximate surface area is 163 Å². The summed E-state index contributed by atoms with van der Waals surface area (Å²) in [7, 11) is 0. The molecule has 1 aromatic carbocycles. The molecule has 0 unspecified atom stereocenters. The Bertz CT molecular complexity index is 1170. The molecule has 0 radical (unpaired) electrons. The van der Waals surface area contributed by atoms with Crippen molar-refractivity contribution in [2.24, 2.45) is 0 Å². The van der Waals surface area contributed by atoms with Crippen molar-refractivity contribution < 1.29 is 18.0 Å². The van der Waals surface area contributed by atoms with Gasteiger partial charge in [0, 0.05) is 10.9 Å². The van der Waals surface area contributed by atoms with Crippen LogP contribution in [0.5, 0.6) is 0 Å². The first kappa shape index (κ1) is 18.6. The minimum absolute atomic E-state index is 0.227. The first-order valence-corrected chi connectivity index (χ1v) is 9.50. The number of fused-ring (bicyclic) bond motifs is 3. The number of aromatic amines is 1. The van der Waals surface area contributed by atoms with E-state index in [1.54, 1.807) is 6.92 Å². The molecule has 1 atom stereocenters. The number of anilines is 1. The zero-order valence-corrected chi connectivity index (χ0v) is 15.6. The van der Waals surface area contributed by atoms with Crippen LogP contribution in [0.25, 0.3) is 22.1 Å². The van der Waals surface area contributed by atoms with Gasteiger partial charge in [0.1, 0.15) is 5.52 Å². The van der Waals surface area contributed by atoms with E-state index in [1.807, 2.05) is 24.3 Å². The zero-order chi connectivity index (χ0) is 19.9. The summed E-state index contributed by atoms with van der Waals surface area (Å²) in [5.74, 6) is -0.546. The van der Waals surface area contributed by atoms with Crippen molar-refractivity contribution in [1.29, 1.82) is 0 Å². The number of benzene rings is 1. The molecule has 3 aromatic heterocycles. The maximum absolute atomic E-state index is 12.6. The number of nitrogens with zero attached hydrogens (tertiary/aromatic N) is 5. The largest absolute Gasteiger partial charge is 0.445 e. The van der Waals surface area contributed by atoms with Crippen LogP contribution in [0.2, 0.25) is 0 Å². The van der Waals surface area contributed by atoms with Gasteiger partial charge in [-0.15, -0.1) is 20.4 Å². The Hall–Kier alpha value is -2.80. The van der Waals surface area contributed by atoms with Crippen molar-refractivity contribution in [2.45, 2.75) is 23.5 Å². The third-order valence-electron chi connectivity index (χ3n) is 3.65. The highest BCUT2D eigenvalue weighted by molar-refractivity contribution is 8.00. The molecule has 0 bridgehead atoms. The summed E-state index contributed by atoms with van der Waals surface area (Å²) in [5, 5.41) is 15.9. The van der Waals surface area contributed by atoms with Crippen molar-refractivity contribution >= 4 is 56.2 Å². The van der Waals surface area contributed by atoms with Gasteiger partial charge in [-0.2, -0.15) is 13.2 Å². The van der Waals surface area contributed by atoms with Crippen LogP contribution in [0, 0.1) is 0 Å². The van der Waals surface area contributed by atoms with Crippen molar-refractivity contribution in [3.63, 3.8) is 0 Å². The van der Waals surface area contributed by atoms with Crippen molar-refractivity contribution in [2.75, 3.05) is 5.32 Å². The van der Waals surface area contributed by atoms with Gasteiger partial charge in [-0.05, 0) is 13.0 Å². The van der Waals surface area contributed by atoms with Crippen LogP contribution in [0.1, 0.15) is 11.9 Å². The number of carbonyl (C=O) groups is 1. The molecule has 0 spiro atoms. The lowest BCUT2D eigenvalue weighted by Gasteiger charge is -2.08. The van der Waals surface area contributed by atoms with Crippen LogP contribution < -0.4 is 5.32 Å². The summed E-state index contributed by atoms with van der Waals surface area (Å²) in [5.41, 5.74) is 2.01. The van der Waals surface area contributed by atoms with Crippen LogP contribution in [-0.2, 0) is 11.0 Å². The summed E-state index contributed by atoms with van der Waals surface area (Å²) in [6.45, 7) is 1.57. The highest BCUT2D eigenvalue weighted by atomic mass is 32.2. The first-order valence-electron chi connectivity index (χ1n) is 7.80. The van der Waals surface area contributed by atoms with Crippen molar-refractivity contribution in [3.8, 4) is 0 Å². The van der Waals surface area contributed by atoms with Gasteiger partial charge in [-0.3, -0.25) is 10.1 Å². The zero-order valence-electron chi connectivity index (χ0n) is 14.0. The predicted molar refractivity (Wildman–Crippen MR) is 98.0 cm³/mol. The number of nitrogens with one attached hydrogen (secondary N) is 2. The lowest BCUT2D eigenvalue weighted by atomic mass is 10.2. The van der Waals surface area contributed by atoms with E-state index < -0.39 is 22.3 Å². The SMILES string of the molecule is C[C@H](Sc1nnc2c(n1)[nH]c1ccccc12)C(=O)Nc1nnc(C(F)(F)F)s1. The van der Waals surface area contributed by atoms with E-state index in [0.29, 0.717) is 11.2 Å². The van der Waals surface area contributed by atoms with Crippen molar-refractivity contribution in [1.82, 2.24) is 30.4 Å². The Kier molecular flexibility index (Phi) is 4.63. The topological polar surface area (TPSA) is 109 Å². The summed E-state index contributed by atoms with van der Waals surface area (Å²) in [4.78, 5) is 19.7. The molecule has 3 heterocycles. The smallest absolute Gasteiger partial charge is 0.338 e. The van der Waals surface area contributed by atoms with E-state index in [4.69, 9.17) is 0 Å². The molecular weight excluding hydrogens is 415 g/mol. The van der Waals surface area contributed by atoms with Gasteiger partial charge < -0.3 is 4.98 Å². The Morgan fingerprint density at radius 1 is 1.21 bits per heavy atom. The van der Waals surface area contributed by atoms with Gasteiger partial charge >= 0.3 is 6.18 Å². The normalized spacial score (nSPS) is 13.1. The summed E-state index contributed by atoms with van der Waals surface area (Å²) in [6, 6.07) is 7.54. The molecule has 4 aromatic rings. The summed E-state index contributed by atoms with van der Waals surface area (Å²) in [6.07, 6.45) is -4.60. The van der Waals surface area contributed by atoms with Gasteiger partial charge in [0.25, 0.3) is 0 Å². The summed E-state index contributed by atoms with van der Waals surface area (Å²) >= 11 is 1.28. The van der Waals surface area contributed by atoms with Gasteiger partial charge in [0.2, 0.25) is 21.2 Å². The Morgan fingerprint density at radius 3 is 2.75 bits per heavy atom. The number of rotatable bonds is 4. The van der Waals surface area contributed by atoms with Crippen LogP contribution in [0.15, 0.2) is 29.4 Å². The Balaban J connectivity index is 1.48. The number of halogens is 3. The summed E-state index contributed by atoms with van der Waals surface area (Å²) < 4.78 is 37.7. The van der Waals surface area contributed by atoms with E-state index >= 15 is 0 Å². The molecular formula is C15H10F3N7OS2. The molecule has 0 aliphatic rings. The maximum atomic E-state index is 12.6. The average Bonchev–Trinajstić information content (AvgIpc) is 3.25. The first-order chi connectivity index (χ1) is 13.3. The van der Waals surface area contributed by atoms with Crippen LogP contribution >= 0.6 is 23.1 Å². The van der Waals surface area contributed by atoms with Crippen LogP contribution in [0.3, 0.4) is 0 Å². The monoisotopic (exact) mass is 425 g/mol. The molecule has 0 aliphatic carbocycles. The highest BCUT2D eigenvalue weighted by Gasteiger charge is 2.36. The fourth-order valence-electron chi connectivity index (χ4n) is 2.36. The lowest BCUT2D eigenvalue weighted by molar-refractivity contribution is -0.138. The molecule has 0 saturated carbocycles. The molecule has 0 aliphatic heterocycles. The molecule has 28 heavy (non-hydrogen) atoms. The van der Waals surface area contributed by atoms with Gasteiger partial charge in [-0.25, -0.2) is 4.98 Å². The van der Waals surface area contributed by atoms with Crippen LogP contribution in [-0.4, -0.2) is 41.5 Å². The number of amides is 1. The van der Waals surface area contributed by atoms with Crippen molar-refractivity contribution in [3.05, 3.63) is 29.3 Å². The Morgan fingerprint density at radius 2 is 2.00 bits per heavy atom. The fourth-order valence-corrected chi connectivity index (χ4v) is 3.69. The average molecular weight is 425 g/mol. The second-order valence-electron chi connectivity index (χ2n) is 5.62. The lowest BCUT2D eigenvalue weighted by Crippen LogP contribution is -2.22. The highest BCUT2D eigenvalue weighted by Crippen LogP contribution is 2.33. The molecule has 144 valence electrons. The number of para-hydroxylation sites is 1. The number of hydrogen-bond donors (Lipinski definition) is 2. The van der Waals surface area contributed by atoms with Gasteiger partial charge in [-0.1, -0.05) is 41.3 Å². The number of hydrogen-bond acceptors (Lipinski definition) is 8. The maximum Gasteiger partial charge on any atom is 0.445 e. The molecule has 4 rings (SSSR count). The standard InChI is InChI=1S/C15H10F3N7OS2/c1-6(11(26)21-14-25-23-12(28-14)15(16,17)18)27-13-20-10-9(22-24-13)7-4-2-3-5-8(7)19-10/h2-6H,1H3,(H,19,20,24)(H,21,25,26)/t6-/m0/s1. The van der Waals surface area contributed by atoms with E-state index in [-0.39, 0.29) is 21.6 Å². The fraction of sp³-hybridized carbons (Fsp3) is 0.200. The number of alkyl halides is 3. The van der Waals surface area contributed by atoms with Gasteiger partial charge in [0.15, 0.2) is 5.65 Å². The molecule has 0 fully saturated rings. The quantitative estimate of drug-likeness (QED) is 0.482. The predicted octanol–water partition coefficient (Wildman–Crippen LogP) is 3.50. The van der Waals surface area contributed by atoms with E-state index in [9.17, 15) is 18.0 Å². The number of thioether (sulfide) groups is 1. The van der Waals surface area contributed by atoms with Gasteiger partial charge in [0.05, 0.1) is 5.25 Å². The second kappa shape index (κ2) is 6.98. The molecule has 0 saturated heterocycles. The molecule has 1 amide bonds. The van der Waals surface area contributed by atoms with E-state index in [1.165, 1.54) is 0 Å².